The molecule has 5 heteroatoms. The number of fused-ring (bicyclic) bond motifs is 1. The van der Waals surface area contributed by atoms with Gasteiger partial charge in [-0.3, -0.25) is 9.36 Å². The quantitative estimate of drug-likeness (QED) is 0.944. The molecule has 0 aromatic carbocycles. The maximum absolute atomic E-state index is 4.77. The van der Waals surface area contributed by atoms with Gasteiger partial charge in [0, 0.05) is 37.1 Å². The summed E-state index contributed by atoms with van der Waals surface area (Å²) in [7, 11) is 2.05. The Morgan fingerprint density at radius 2 is 2.09 bits per heavy atom. The lowest BCUT2D eigenvalue weighted by molar-refractivity contribution is 0.436. The van der Waals surface area contributed by atoms with Crippen LogP contribution < -0.4 is 5.32 Å². The summed E-state index contributed by atoms with van der Waals surface area (Å²) >= 11 is 0. The Kier molecular flexibility index (Phi) is 3.74. The van der Waals surface area contributed by atoms with Crippen LogP contribution in [0.5, 0.6) is 0 Å². The maximum atomic E-state index is 4.77. The summed E-state index contributed by atoms with van der Waals surface area (Å²) in [5.41, 5.74) is 3.92. The van der Waals surface area contributed by atoms with Crippen molar-refractivity contribution >= 4 is 0 Å². The number of nitrogens with one attached hydrogen (secondary N) is 1. The molecule has 0 unspecified atom stereocenters. The van der Waals surface area contributed by atoms with Gasteiger partial charge in [0.1, 0.15) is 0 Å². The molecular weight excluding hydrogens is 274 g/mol. The van der Waals surface area contributed by atoms with Crippen molar-refractivity contribution in [3.63, 3.8) is 0 Å². The van der Waals surface area contributed by atoms with E-state index in [-0.39, 0.29) is 0 Å². The van der Waals surface area contributed by atoms with Crippen LogP contribution in [0.2, 0.25) is 0 Å². The highest BCUT2D eigenvalue weighted by molar-refractivity contribution is 5.24. The molecule has 0 amide bonds. The van der Waals surface area contributed by atoms with Gasteiger partial charge in [0.15, 0.2) is 0 Å². The summed E-state index contributed by atoms with van der Waals surface area (Å²) < 4.78 is 4.21. The molecule has 2 aliphatic carbocycles. The average molecular weight is 299 g/mol. The van der Waals surface area contributed by atoms with Gasteiger partial charge < -0.3 is 5.32 Å². The second-order valence-corrected chi connectivity index (χ2v) is 6.72. The summed E-state index contributed by atoms with van der Waals surface area (Å²) in [5.74, 6) is 0. The third-order valence-electron chi connectivity index (χ3n) is 5.27. The molecule has 0 aliphatic heterocycles. The van der Waals surface area contributed by atoms with Crippen LogP contribution in [0.25, 0.3) is 0 Å². The van der Waals surface area contributed by atoms with Crippen LogP contribution in [0, 0.1) is 0 Å². The normalized spacial score (nSPS) is 22.1. The van der Waals surface area contributed by atoms with Gasteiger partial charge in [0.05, 0.1) is 17.9 Å². The lowest BCUT2D eigenvalue weighted by Gasteiger charge is -2.23. The number of rotatable bonds is 4. The highest BCUT2D eigenvalue weighted by atomic mass is 15.3. The minimum absolute atomic E-state index is 0.425. The fourth-order valence-corrected chi connectivity index (χ4v) is 3.99. The largest absolute Gasteiger partial charge is 0.304 e. The first-order valence-corrected chi connectivity index (χ1v) is 8.59. The molecule has 2 aliphatic rings. The molecule has 0 bridgehead atoms. The predicted molar refractivity (Wildman–Crippen MR) is 85.5 cm³/mol. The molecule has 1 atom stereocenters. The van der Waals surface area contributed by atoms with E-state index in [1.54, 1.807) is 0 Å². The van der Waals surface area contributed by atoms with E-state index < -0.39 is 0 Å². The van der Waals surface area contributed by atoms with Gasteiger partial charge in [-0.05, 0) is 38.2 Å². The number of hydrogen-bond acceptors (Lipinski definition) is 3. The summed E-state index contributed by atoms with van der Waals surface area (Å²) in [4.78, 5) is 0. The Labute approximate surface area is 131 Å². The summed E-state index contributed by atoms with van der Waals surface area (Å²) in [6, 6.07) is 3.22. The van der Waals surface area contributed by atoms with Crippen molar-refractivity contribution in [2.75, 3.05) is 0 Å². The summed E-state index contributed by atoms with van der Waals surface area (Å²) in [6.45, 7) is 0.846. The predicted octanol–water partition coefficient (Wildman–Crippen LogP) is 2.90. The molecule has 22 heavy (non-hydrogen) atoms. The van der Waals surface area contributed by atoms with E-state index in [9.17, 15) is 0 Å². The van der Waals surface area contributed by atoms with Gasteiger partial charge in [-0.2, -0.15) is 10.2 Å². The van der Waals surface area contributed by atoms with E-state index in [4.69, 9.17) is 5.10 Å². The molecule has 5 nitrogen and oxygen atoms in total. The van der Waals surface area contributed by atoms with Crippen molar-refractivity contribution in [3.05, 3.63) is 35.4 Å². The van der Waals surface area contributed by atoms with E-state index in [1.165, 1.54) is 49.8 Å². The first-order valence-electron chi connectivity index (χ1n) is 8.59. The smallest absolute Gasteiger partial charge is 0.0762 e. The monoisotopic (exact) mass is 299 g/mol. The van der Waals surface area contributed by atoms with Crippen molar-refractivity contribution in [1.82, 2.24) is 24.9 Å². The van der Waals surface area contributed by atoms with Gasteiger partial charge in [0.2, 0.25) is 0 Å². The molecule has 2 aromatic heterocycles. The average Bonchev–Trinajstić information content (AvgIpc) is 3.26. The van der Waals surface area contributed by atoms with Gasteiger partial charge in [-0.25, -0.2) is 0 Å². The van der Waals surface area contributed by atoms with E-state index in [0.717, 1.165) is 18.7 Å². The highest BCUT2D eigenvalue weighted by Gasteiger charge is 2.23. The van der Waals surface area contributed by atoms with Crippen LogP contribution in [0.4, 0.5) is 0 Å². The van der Waals surface area contributed by atoms with E-state index in [1.807, 2.05) is 17.9 Å². The zero-order chi connectivity index (χ0) is 14.9. The molecule has 0 radical (unpaired) electrons. The molecule has 0 saturated heterocycles. The molecule has 2 heterocycles. The summed E-state index contributed by atoms with van der Waals surface area (Å²) in [5, 5.41) is 12.9. The third-order valence-corrected chi connectivity index (χ3v) is 5.27. The van der Waals surface area contributed by atoms with Crippen molar-refractivity contribution in [3.8, 4) is 0 Å². The van der Waals surface area contributed by atoms with Gasteiger partial charge in [-0.1, -0.05) is 12.8 Å². The van der Waals surface area contributed by atoms with Gasteiger partial charge in [-0.15, -0.1) is 0 Å². The van der Waals surface area contributed by atoms with Gasteiger partial charge >= 0.3 is 0 Å². The highest BCUT2D eigenvalue weighted by Crippen LogP contribution is 2.30. The van der Waals surface area contributed by atoms with Crippen LogP contribution in [-0.2, 0) is 20.0 Å². The standard InChI is InChI=1S/C17H25N5/c1-21-17-8-4-7-16(15(17)12-19-21)18-11-13-9-10-22(20-13)14-5-2-3-6-14/h9-10,12,14,16,18H,2-8,11H2,1H3/t16-/m0/s1. The molecule has 1 N–H and O–H groups in total. The maximum Gasteiger partial charge on any atom is 0.0762 e. The van der Waals surface area contributed by atoms with Crippen molar-refractivity contribution in [2.24, 2.45) is 7.05 Å². The number of nitrogens with zero attached hydrogens (tertiary/aromatic N) is 4. The lowest BCUT2D eigenvalue weighted by Crippen LogP contribution is -2.25. The Morgan fingerprint density at radius 1 is 1.23 bits per heavy atom. The SMILES string of the molecule is Cn1ncc2c1CCC[C@@H]2NCc1ccn(C2CCCC2)n1. The lowest BCUT2D eigenvalue weighted by atomic mass is 9.93. The van der Waals surface area contributed by atoms with Crippen molar-refractivity contribution in [1.29, 1.82) is 0 Å². The van der Waals surface area contributed by atoms with E-state index >= 15 is 0 Å². The fraction of sp³-hybridized carbons (Fsp3) is 0.647. The second kappa shape index (κ2) is 5.88. The van der Waals surface area contributed by atoms with Crippen LogP contribution in [0.1, 0.15) is 67.6 Å². The van der Waals surface area contributed by atoms with Crippen LogP contribution in [0.15, 0.2) is 18.5 Å². The molecular formula is C17H25N5. The first kappa shape index (κ1) is 14.0. The van der Waals surface area contributed by atoms with Crippen molar-refractivity contribution < 1.29 is 0 Å². The van der Waals surface area contributed by atoms with E-state index in [2.05, 4.69) is 27.4 Å². The van der Waals surface area contributed by atoms with Gasteiger partial charge in [0.25, 0.3) is 0 Å². The van der Waals surface area contributed by atoms with Crippen LogP contribution in [-0.4, -0.2) is 19.6 Å². The topological polar surface area (TPSA) is 47.7 Å². The Balaban J connectivity index is 1.41. The van der Waals surface area contributed by atoms with Crippen LogP contribution in [0.3, 0.4) is 0 Å². The first-order chi connectivity index (χ1) is 10.8. The molecule has 0 spiro atoms. The minimum Gasteiger partial charge on any atom is -0.304 e. The molecule has 118 valence electrons. The number of aryl methyl sites for hydroxylation is 1. The zero-order valence-corrected chi connectivity index (χ0v) is 13.3. The molecule has 4 rings (SSSR count). The Hall–Kier alpha value is -1.62. The fourth-order valence-electron chi connectivity index (χ4n) is 3.99. The number of hydrogen-bond donors (Lipinski definition) is 1. The minimum atomic E-state index is 0.425. The van der Waals surface area contributed by atoms with E-state index in [0.29, 0.717) is 12.1 Å². The number of aromatic nitrogens is 4. The molecule has 1 saturated carbocycles. The Morgan fingerprint density at radius 3 is 2.95 bits per heavy atom. The van der Waals surface area contributed by atoms with Crippen molar-refractivity contribution in [2.45, 2.75) is 63.6 Å². The molecule has 1 fully saturated rings. The second-order valence-electron chi connectivity index (χ2n) is 6.72. The van der Waals surface area contributed by atoms with Crippen LogP contribution >= 0.6 is 0 Å². The Bertz CT molecular complexity index is 635. The zero-order valence-electron chi connectivity index (χ0n) is 13.3. The molecule has 2 aromatic rings. The third kappa shape index (κ3) is 2.58. The summed E-state index contributed by atoms with van der Waals surface area (Å²) in [6.07, 6.45) is 13.1.